The number of sulfonamides is 1. The van der Waals surface area contributed by atoms with Crippen molar-refractivity contribution in [3.8, 4) is 0 Å². The van der Waals surface area contributed by atoms with Crippen LogP contribution in [0.1, 0.15) is 11.1 Å². The second kappa shape index (κ2) is 5.41. The predicted octanol–water partition coefficient (Wildman–Crippen LogP) is 2.84. The Morgan fingerprint density at radius 3 is 2.55 bits per heavy atom. The molecule has 0 aliphatic rings. The van der Waals surface area contributed by atoms with Crippen LogP contribution in [0.2, 0.25) is 0 Å². The lowest BCUT2D eigenvalue weighted by Gasteiger charge is -2.11. The number of nitrogens with one attached hydrogen (secondary N) is 1. The molecule has 2 aromatic rings. The van der Waals surface area contributed by atoms with E-state index in [-0.39, 0.29) is 10.7 Å². The summed E-state index contributed by atoms with van der Waals surface area (Å²) in [6.07, 6.45) is 1.55. The Balaban J connectivity index is 2.40. The van der Waals surface area contributed by atoms with E-state index in [0.29, 0.717) is 11.3 Å². The summed E-state index contributed by atoms with van der Waals surface area (Å²) in [6, 6.07) is 6.42. The number of nitrogens with two attached hydrogens (primary N) is 1. The van der Waals surface area contributed by atoms with E-state index in [4.69, 9.17) is 5.73 Å². The van der Waals surface area contributed by atoms with Crippen LogP contribution in [0.15, 0.2) is 39.8 Å². The first-order valence-corrected chi connectivity index (χ1v) is 8.08. The molecule has 0 aliphatic carbocycles. The van der Waals surface area contributed by atoms with Gasteiger partial charge in [0.1, 0.15) is 5.82 Å². The maximum absolute atomic E-state index is 12.4. The van der Waals surface area contributed by atoms with Gasteiger partial charge in [0.05, 0.1) is 4.90 Å². The lowest BCUT2D eigenvalue weighted by molar-refractivity contribution is 0.600. The molecule has 1 aromatic carbocycles. The molecule has 0 saturated heterocycles. The minimum absolute atomic E-state index is 0.153. The van der Waals surface area contributed by atoms with Gasteiger partial charge < -0.3 is 5.73 Å². The summed E-state index contributed by atoms with van der Waals surface area (Å²) in [6.45, 7) is 3.57. The Kier molecular flexibility index (Phi) is 4.01. The van der Waals surface area contributed by atoms with Gasteiger partial charge >= 0.3 is 0 Å². The van der Waals surface area contributed by atoms with Gasteiger partial charge in [-0.3, -0.25) is 4.72 Å². The van der Waals surface area contributed by atoms with E-state index in [2.05, 4.69) is 25.6 Å². The first-order chi connectivity index (χ1) is 9.29. The number of pyridine rings is 1. The number of benzene rings is 1. The summed E-state index contributed by atoms with van der Waals surface area (Å²) in [7, 11) is -3.70. The van der Waals surface area contributed by atoms with Crippen molar-refractivity contribution in [2.24, 2.45) is 0 Å². The fourth-order valence-corrected chi connectivity index (χ4v) is 3.19. The molecule has 20 heavy (non-hydrogen) atoms. The zero-order valence-electron chi connectivity index (χ0n) is 11.0. The van der Waals surface area contributed by atoms with Crippen LogP contribution < -0.4 is 10.5 Å². The molecule has 0 saturated carbocycles. The van der Waals surface area contributed by atoms with E-state index in [9.17, 15) is 8.42 Å². The molecule has 0 spiro atoms. The number of nitrogens with zero attached hydrogens (tertiary/aromatic N) is 1. The summed E-state index contributed by atoms with van der Waals surface area (Å²) in [5.41, 5.74) is 7.56. The van der Waals surface area contributed by atoms with Crippen molar-refractivity contribution in [2.75, 3.05) is 10.5 Å². The molecule has 1 heterocycles. The minimum atomic E-state index is -3.70. The van der Waals surface area contributed by atoms with Gasteiger partial charge in [0, 0.05) is 16.4 Å². The topological polar surface area (TPSA) is 85.1 Å². The van der Waals surface area contributed by atoms with E-state index in [1.165, 1.54) is 6.07 Å². The van der Waals surface area contributed by atoms with Crippen molar-refractivity contribution in [1.82, 2.24) is 4.98 Å². The van der Waals surface area contributed by atoms with Crippen molar-refractivity contribution in [3.63, 3.8) is 0 Å². The highest BCUT2D eigenvalue weighted by Crippen LogP contribution is 2.23. The van der Waals surface area contributed by atoms with Gasteiger partial charge in [-0.25, -0.2) is 13.4 Å². The second-order valence-corrected chi connectivity index (χ2v) is 6.95. The normalized spacial score (nSPS) is 11.3. The predicted molar refractivity (Wildman–Crippen MR) is 83.1 cm³/mol. The Morgan fingerprint density at radius 1 is 1.20 bits per heavy atom. The van der Waals surface area contributed by atoms with Crippen LogP contribution in [0.5, 0.6) is 0 Å². The van der Waals surface area contributed by atoms with Gasteiger partial charge in [-0.05, 0) is 59.1 Å². The van der Waals surface area contributed by atoms with E-state index >= 15 is 0 Å². The average Bonchev–Trinajstić information content (AvgIpc) is 2.36. The molecule has 0 aliphatic heterocycles. The minimum Gasteiger partial charge on any atom is -0.399 e. The van der Waals surface area contributed by atoms with Crippen LogP contribution in [-0.2, 0) is 10.0 Å². The zero-order valence-corrected chi connectivity index (χ0v) is 13.4. The summed E-state index contributed by atoms with van der Waals surface area (Å²) < 4.78 is 28.0. The van der Waals surface area contributed by atoms with Crippen LogP contribution in [0, 0.1) is 13.8 Å². The highest BCUT2D eigenvalue weighted by molar-refractivity contribution is 9.10. The molecule has 0 fully saturated rings. The number of anilines is 2. The van der Waals surface area contributed by atoms with Gasteiger partial charge in [-0.1, -0.05) is 6.07 Å². The monoisotopic (exact) mass is 355 g/mol. The van der Waals surface area contributed by atoms with Crippen molar-refractivity contribution in [2.45, 2.75) is 18.7 Å². The quantitative estimate of drug-likeness (QED) is 0.829. The molecular weight excluding hydrogens is 342 g/mol. The molecular formula is C13H14BrN3O2S. The molecule has 0 radical (unpaired) electrons. The van der Waals surface area contributed by atoms with Gasteiger partial charge in [-0.15, -0.1) is 0 Å². The second-order valence-electron chi connectivity index (χ2n) is 4.45. The number of nitrogen functional groups attached to an aromatic ring is 1. The number of aryl methyl sites for hydroxylation is 2. The number of rotatable bonds is 3. The smallest absolute Gasteiger partial charge is 0.263 e. The fourth-order valence-electron chi connectivity index (χ4n) is 1.69. The third-order valence-electron chi connectivity index (χ3n) is 2.79. The van der Waals surface area contributed by atoms with Crippen molar-refractivity contribution in [3.05, 3.63) is 46.1 Å². The summed E-state index contributed by atoms with van der Waals surface area (Å²) in [5.74, 6) is 0.271. The van der Waals surface area contributed by atoms with Crippen LogP contribution in [0.25, 0.3) is 0 Å². The Labute approximate surface area is 126 Å². The van der Waals surface area contributed by atoms with Crippen molar-refractivity contribution in [1.29, 1.82) is 0 Å². The number of aromatic nitrogens is 1. The Hall–Kier alpha value is -1.60. The lowest BCUT2D eigenvalue weighted by Crippen LogP contribution is -2.15. The van der Waals surface area contributed by atoms with E-state index < -0.39 is 10.0 Å². The maximum Gasteiger partial charge on any atom is 0.263 e. The van der Waals surface area contributed by atoms with Gasteiger partial charge in [-0.2, -0.15) is 0 Å². The zero-order chi connectivity index (χ0) is 14.9. The number of halogens is 1. The van der Waals surface area contributed by atoms with Crippen LogP contribution >= 0.6 is 15.9 Å². The Morgan fingerprint density at radius 2 is 1.90 bits per heavy atom. The van der Waals surface area contributed by atoms with Gasteiger partial charge in [0.2, 0.25) is 0 Å². The molecule has 106 valence electrons. The lowest BCUT2D eigenvalue weighted by atomic mass is 10.2. The molecule has 3 N–H and O–H groups in total. The number of hydrogen-bond donors (Lipinski definition) is 2. The fraction of sp³-hybridized carbons (Fsp3) is 0.154. The van der Waals surface area contributed by atoms with E-state index in [1.54, 1.807) is 31.3 Å². The van der Waals surface area contributed by atoms with Crippen LogP contribution in [0.4, 0.5) is 11.5 Å². The van der Waals surface area contributed by atoms with E-state index in [1.807, 2.05) is 6.92 Å². The van der Waals surface area contributed by atoms with Crippen LogP contribution in [-0.4, -0.2) is 13.4 Å². The highest BCUT2D eigenvalue weighted by Gasteiger charge is 2.18. The average molecular weight is 356 g/mol. The van der Waals surface area contributed by atoms with Gasteiger partial charge in [0.15, 0.2) is 0 Å². The molecule has 7 heteroatoms. The molecule has 2 rings (SSSR count). The molecule has 5 nitrogen and oxygen atoms in total. The van der Waals surface area contributed by atoms with Gasteiger partial charge in [0.25, 0.3) is 10.0 Å². The third kappa shape index (κ3) is 3.10. The number of hydrogen-bond acceptors (Lipinski definition) is 4. The first-order valence-electron chi connectivity index (χ1n) is 5.81. The first kappa shape index (κ1) is 14.8. The van der Waals surface area contributed by atoms with Crippen LogP contribution in [0.3, 0.4) is 0 Å². The molecule has 1 aromatic heterocycles. The molecule has 0 bridgehead atoms. The Bertz CT molecular complexity index is 760. The maximum atomic E-state index is 12.4. The highest BCUT2D eigenvalue weighted by atomic mass is 79.9. The van der Waals surface area contributed by atoms with Crippen molar-refractivity contribution >= 4 is 37.5 Å². The van der Waals surface area contributed by atoms with E-state index in [0.717, 1.165) is 10.0 Å². The summed E-state index contributed by atoms with van der Waals surface area (Å²) >= 11 is 3.32. The van der Waals surface area contributed by atoms with Crippen molar-refractivity contribution < 1.29 is 8.42 Å². The SMILES string of the molecule is Cc1cc(NS(=O)(=O)c2cc(N)ccc2C)ncc1Br. The molecule has 0 amide bonds. The largest absolute Gasteiger partial charge is 0.399 e. The summed E-state index contributed by atoms with van der Waals surface area (Å²) in [4.78, 5) is 4.19. The third-order valence-corrected chi connectivity index (χ3v) is 5.11. The molecule has 0 unspecified atom stereocenters. The summed E-state index contributed by atoms with van der Waals surface area (Å²) in [5, 5.41) is 0. The molecule has 0 atom stereocenters. The standard InChI is InChI=1S/C13H14BrN3O2S/c1-8-3-4-10(15)6-12(8)20(18,19)17-13-5-9(2)11(14)7-16-13/h3-7H,15H2,1-2H3,(H,16,17).